The van der Waals surface area contributed by atoms with E-state index in [0.717, 1.165) is 28.3 Å². The Morgan fingerprint density at radius 3 is 2.55 bits per heavy atom. The van der Waals surface area contributed by atoms with Gasteiger partial charge in [-0.3, -0.25) is 9.79 Å². The van der Waals surface area contributed by atoms with Gasteiger partial charge >= 0.3 is 6.09 Å². The number of hydrogen-bond donors (Lipinski definition) is 2. The Labute approximate surface area is 253 Å². The van der Waals surface area contributed by atoms with Crippen LogP contribution in [-0.2, 0) is 16.1 Å². The molecule has 0 radical (unpaired) electrons. The van der Waals surface area contributed by atoms with Crippen LogP contribution in [0.4, 0.5) is 9.18 Å². The Kier molecular flexibility index (Phi) is 12.7. The monoisotopic (exact) mass is 599 g/mol. The van der Waals surface area contributed by atoms with Gasteiger partial charge in [0.15, 0.2) is 6.04 Å². The first kappa shape index (κ1) is 34.5. The topological polar surface area (TPSA) is 112 Å². The molecule has 0 bridgehead atoms. The van der Waals surface area contributed by atoms with Gasteiger partial charge in [0.25, 0.3) is 5.91 Å². The number of benzene rings is 1. The zero-order valence-corrected chi connectivity index (χ0v) is 26.3. The molecule has 1 saturated heterocycles. The predicted molar refractivity (Wildman–Crippen MR) is 171 cm³/mol. The number of nitrogens with zero attached hydrogens (tertiary/aromatic N) is 4. The fourth-order valence-electron chi connectivity index (χ4n) is 4.50. The Morgan fingerprint density at radius 2 is 2.00 bits per heavy atom. The number of rotatable bonds is 9. The highest BCUT2D eigenvalue weighted by Gasteiger charge is 2.50. The van der Waals surface area contributed by atoms with Crippen molar-refractivity contribution in [1.29, 1.82) is 0 Å². The smallest absolute Gasteiger partial charge is 0.414 e. The van der Waals surface area contributed by atoms with Crippen molar-refractivity contribution in [1.82, 2.24) is 14.9 Å². The number of ether oxygens (including phenoxy) is 1. The van der Waals surface area contributed by atoms with E-state index in [2.05, 4.69) is 28.6 Å². The molecule has 11 heteroatoms. The number of likely N-dealkylation sites (tertiary alicyclic amines) is 1. The van der Waals surface area contributed by atoms with Gasteiger partial charge in [-0.15, -0.1) is 11.8 Å². The molecule has 0 saturated carbocycles. The summed E-state index contributed by atoms with van der Waals surface area (Å²) in [5.41, 5.74) is 8.44. The average Bonchev–Trinajstić information content (AvgIpc) is 3.50. The van der Waals surface area contributed by atoms with Crippen LogP contribution in [0.3, 0.4) is 0 Å². The molecule has 0 spiro atoms. The van der Waals surface area contributed by atoms with E-state index in [9.17, 15) is 14.0 Å². The molecule has 1 fully saturated rings. The predicted octanol–water partition coefficient (Wildman–Crippen LogP) is 5.69. The van der Waals surface area contributed by atoms with Crippen LogP contribution >= 0.6 is 11.8 Å². The molecule has 228 valence electrons. The summed E-state index contributed by atoms with van der Waals surface area (Å²) in [6.45, 7) is 16.0. The van der Waals surface area contributed by atoms with Crippen LogP contribution in [0.1, 0.15) is 57.5 Å². The molecule has 2 amide bonds. The standard InChI is InChI=1S/C21H33N5O3.C10H10FNS/c1-7-16-17(13-15(2)22)25(14-24-16)11-10-23-19(27)18-9-8-12-26(18,6)20(28)29-21(3,4)5;1-12-7-10(13-2)8-3-5-9(11)6-4-8/h7,13-14,18H,1,8-12,22H2,2-6H3;3-7H,1H2,2H3/p+1/b15-13+;10-7-. The summed E-state index contributed by atoms with van der Waals surface area (Å²) in [6.07, 6.45) is 9.93. The summed E-state index contributed by atoms with van der Waals surface area (Å²) >= 11 is 1.56. The van der Waals surface area contributed by atoms with Gasteiger partial charge in [0, 0.05) is 42.7 Å². The third kappa shape index (κ3) is 9.70. The molecular formula is C31H44FN6O3S+. The minimum Gasteiger partial charge on any atom is -0.414 e. The van der Waals surface area contributed by atoms with E-state index >= 15 is 0 Å². The van der Waals surface area contributed by atoms with Crippen LogP contribution in [0.5, 0.6) is 0 Å². The first-order valence-corrected chi connectivity index (χ1v) is 14.9. The Hall–Kier alpha value is -3.70. The summed E-state index contributed by atoms with van der Waals surface area (Å²) in [5, 5.41) is 2.97. The van der Waals surface area contributed by atoms with Crippen molar-refractivity contribution in [2.75, 3.05) is 26.4 Å². The summed E-state index contributed by atoms with van der Waals surface area (Å²) in [6, 6.07) is 5.87. The van der Waals surface area contributed by atoms with Gasteiger partial charge in [0.1, 0.15) is 11.4 Å². The highest BCUT2D eigenvalue weighted by atomic mass is 32.2. The van der Waals surface area contributed by atoms with Crippen molar-refractivity contribution in [3.63, 3.8) is 0 Å². The van der Waals surface area contributed by atoms with E-state index in [0.29, 0.717) is 31.8 Å². The fourth-order valence-corrected chi connectivity index (χ4v) is 5.06. The molecule has 42 heavy (non-hydrogen) atoms. The lowest BCUT2D eigenvalue weighted by Crippen LogP contribution is -2.59. The maximum atomic E-state index is 12.8. The fraction of sp³-hybridized carbons (Fsp3) is 0.419. The molecule has 2 atom stereocenters. The second-order valence-corrected chi connectivity index (χ2v) is 12.0. The van der Waals surface area contributed by atoms with Crippen molar-refractivity contribution in [3.8, 4) is 0 Å². The number of nitrogens with one attached hydrogen (secondary N) is 1. The van der Waals surface area contributed by atoms with E-state index in [1.807, 2.05) is 44.6 Å². The van der Waals surface area contributed by atoms with Gasteiger partial charge < -0.3 is 20.4 Å². The number of hydrogen-bond acceptors (Lipinski definition) is 7. The molecule has 0 aliphatic carbocycles. The van der Waals surface area contributed by atoms with Gasteiger partial charge in [-0.25, -0.2) is 13.9 Å². The van der Waals surface area contributed by atoms with Crippen molar-refractivity contribution >= 4 is 47.5 Å². The van der Waals surface area contributed by atoms with Gasteiger partial charge in [0.2, 0.25) is 0 Å². The number of aliphatic imine (C=N–C) groups is 1. The number of likely N-dealkylation sites (N-methyl/N-ethyl adjacent to an activating group) is 1. The van der Waals surface area contributed by atoms with E-state index < -0.39 is 11.6 Å². The Bertz CT molecular complexity index is 1310. The lowest BCUT2D eigenvalue weighted by atomic mass is 10.2. The minimum absolute atomic E-state index is 0.0187. The number of amides is 2. The van der Waals surface area contributed by atoms with Crippen molar-refractivity contribution < 1.29 is 23.2 Å². The van der Waals surface area contributed by atoms with E-state index in [4.69, 9.17) is 10.5 Å². The first-order chi connectivity index (χ1) is 19.7. The van der Waals surface area contributed by atoms with Crippen LogP contribution in [0.2, 0.25) is 0 Å². The highest BCUT2D eigenvalue weighted by molar-refractivity contribution is 8.07. The van der Waals surface area contributed by atoms with Crippen molar-refractivity contribution in [2.24, 2.45) is 10.7 Å². The number of aromatic nitrogens is 2. The van der Waals surface area contributed by atoms with E-state index in [1.165, 1.54) is 12.1 Å². The normalized spacial score (nSPS) is 19.0. The molecule has 3 rings (SSSR count). The molecule has 3 N–H and O–H groups in total. The SMILES string of the molecule is C=Cc1ncn(CCNC(=O)C2CCC[N+]2(C)C(=O)OC(C)(C)C)c1/C=C(\C)N.C=N/C=C(\SC)c1ccc(F)cc1. The Balaban J connectivity index is 0.000000395. The maximum Gasteiger partial charge on any atom is 0.516 e. The summed E-state index contributed by atoms with van der Waals surface area (Å²) in [5.74, 6) is -0.359. The lowest BCUT2D eigenvalue weighted by Gasteiger charge is -2.33. The van der Waals surface area contributed by atoms with Crippen LogP contribution in [0.25, 0.3) is 17.1 Å². The van der Waals surface area contributed by atoms with Crippen LogP contribution in [-0.4, -0.2) is 70.8 Å². The van der Waals surface area contributed by atoms with Gasteiger partial charge in [-0.1, -0.05) is 18.7 Å². The number of carbonyl (C=O) groups excluding carboxylic acids is 2. The van der Waals surface area contributed by atoms with Crippen molar-refractivity contribution in [3.05, 3.63) is 71.8 Å². The minimum atomic E-state index is -0.586. The molecule has 2 aromatic rings. The lowest BCUT2D eigenvalue weighted by molar-refractivity contribution is -0.841. The molecule has 2 unspecified atom stereocenters. The number of thioether (sulfide) groups is 1. The molecular weight excluding hydrogens is 555 g/mol. The van der Waals surface area contributed by atoms with Crippen LogP contribution in [0.15, 0.2) is 54.1 Å². The number of quaternary nitrogens is 1. The second-order valence-electron chi connectivity index (χ2n) is 11.1. The first-order valence-electron chi connectivity index (χ1n) is 13.7. The molecule has 1 aliphatic rings. The molecule has 2 heterocycles. The third-order valence-electron chi connectivity index (χ3n) is 6.58. The summed E-state index contributed by atoms with van der Waals surface area (Å²) < 4.78 is 20.0. The average molecular weight is 600 g/mol. The quantitative estimate of drug-likeness (QED) is 0.283. The zero-order chi connectivity index (χ0) is 31.5. The number of allylic oxidation sites excluding steroid dienone is 1. The van der Waals surface area contributed by atoms with E-state index in [1.54, 1.807) is 49.5 Å². The number of carbonyl (C=O) groups is 2. The summed E-state index contributed by atoms with van der Waals surface area (Å²) in [4.78, 5) is 34.5. The molecule has 1 aliphatic heterocycles. The maximum absolute atomic E-state index is 12.8. The molecule has 1 aromatic heterocycles. The molecule has 1 aromatic carbocycles. The van der Waals surface area contributed by atoms with Crippen LogP contribution in [0, 0.1) is 5.82 Å². The van der Waals surface area contributed by atoms with Crippen LogP contribution < -0.4 is 11.1 Å². The van der Waals surface area contributed by atoms with Gasteiger partial charge in [0.05, 0.1) is 31.3 Å². The highest BCUT2D eigenvalue weighted by Crippen LogP contribution is 2.28. The molecule has 9 nitrogen and oxygen atoms in total. The third-order valence-corrected chi connectivity index (χ3v) is 7.36. The van der Waals surface area contributed by atoms with Crippen molar-refractivity contribution in [2.45, 2.75) is 58.7 Å². The Morgan fingerprint density at radius 1 is 1.33 bits per heavy atom. The van der Waals surface area contributed by atoms with Gasteiger partial charge in [-0.2, -0.15) is 4.79 Å². The van der Waals surface area contributed by atoms with Gasteiger partial charge in [-0.05, 0) is 70.5 Å². The second kappa shape index (κ2) is 15.5. The summed E-state index contributed by atoms with van der Waals surface area (Å²) in [7, 11) is 1.78. The zero-order valence-electron chi connectivity index (χ0n) is 25.5. The van der Waals surface area contributed by atoms with E-state index in [-0.39, 0.29) is 22.3 Å². The largest absolute Gasteiger partial charge is 0.516 e. The number of nitrogens with two attached hydrogens (primary N) is 1. The number of halogens is 1. The number of imidazole rings is 1.